The second-order valence-corrected chi connectivity index (χ2v) is 6.65. The summed E-state index contributed by atoms with van der Waals surface area (Å²) in [7, 11) is 1.55. The first kappa shape index (κ1) is 18.3. The summed E-state index contributed by atoms with van der Waals surface area (Å²) in [6, 6.07) is 11.9. The van der Waals surface area contributed by atoms with E-state index in [2.05, 4.69) is 0 Å². The molecule has 1 heterocycles. The van der Waals surface area contributed by atoms with Gasteiger partial charge in [0, 0.05) is 18.2 Å². The summed E-state index contributed by atoms with van der Waals surface area (Å²) in [5.74, 6) is -2.75. The largest absolute Gasteiger partial charge is 0.497 e. The van der Waals surface area contributed by atoms with E-state index in [1.807, 2.05) is 6.07 Å². The predicted octanol–water partition coefficient (Wildman–Crippen LogP) is 5.40. The van der Waals surface area contributed by atoms with Crippen LogP contribution in [0.4, 0.5) is 23.2 Å². The molecule has 0 amide bonds. The minimum absolute atomic E-state index is 0.0372. The molecule has 0 radical (unpaired) electrons. The van der Waals surface area contributed by atoms with Gasteiger partial charge in [-0.2, -0.15) is 0 Å². The molecule has 0 spiro atoms. The van der Waals surface area contributed by atoms with Crippen LogP contribution in [0.3, 0.4) is 0 Å². The van der Waals surface area contributed by atoms with Crippen LogP contribution < -0.4 is 9.64 Å². The maximum Gasteiger partial charge on any atom is 0.182 e. The molecule has 3 aromatic rings. The van der Waals surface area contributed by atoms with Gasteiger partial charge in [0.2, 0.25) is 0 Å². The Kier molecular flexibility index (Phi) is 4.71. The van der Waals surface area contributed by atoms with Gasteiger partial charge >= 0.3 is 0 Å². The summed E-state index contributed by atoms with van der Waals surface area (Å²) >= 11 is 0. The van der Waals surface area contributed by atoms with Crippen molar-refractivity contribution < 1.29 is 22.3 Å². The number of rotatable bonds is 3. The summed E-state index contributed by atoms with van der Waals surface area (Å²) in [6.45, 7) is 0.335. The highest BCUT2D eigenvalue weighted by Gasteiger charge is 2.33. The minimum atomic E-state index is -0.994. The van der Waals surface area contributed by atoms with Crippen LogP contribution in [-0.4, -0.2) is 13.7 Å². The molecular weight excluding hydrogens is 370 g/mol. The second-order valence-electron chi connectivity index (χ2n) is 6.65. The summed E-state index contributed by atoms with van der Waals surface area (Å²) in [5, 5.41) is 0. The van der Waals surface area contributed by atoms with Crippen molar-refractivity contribution in [1.82, 2.24) is 0 Å². The third-order valence-corrected chi connectivity index (χ3v) is 5.08. The number of halogens is 4. The Balaban J connectivity index is 1.92. The lowest BCUT2D eigenvalue weighted by molar-refractivity contribution is 0.413. The van der Waals surface area contributed by atoms with Crippen LogP contribution in [0, 0.1) is 23.3 Å². The number of fused-ring (bicyclic) bond motifs is 1. The van der Waals surface area contributed by atoms with Crippen molar-refractivity contribution >= 4 is 5.69 Å². The first-order valence-corrected chi connectivity index (χ1v) is 8.82. The molecule has 0 fully saturated rings. The van der Waals surface area contributed by atoms with Crippen molar-refractivity contribution in [3.8, 4) is 5.75 Å². The van der Waals surface area contributed by atoms with Gasteiger partial charge in [0.1, 0.15) is 17.4 Å². The standard InChI is InChI=1S/C22H17F4NO/c1-28-15-6-8-16-13(11-15)9-10-27(20-4-2-3-18(24)21(20)26)22(16)17-7-5-14(23)12-19(17)25/h2-8,11-12,22H,9-10H2,1H3/t22-/m1/s1. The molecule has 0 saturated carbocycles. The molecule has 0 aromatic heterocycles. The van der Waals surface area contributed by atoms with Gasteiger partial charge in [0.05, 0.1) is 18.8 Å². The molecule has 0 aliphatic carbocycles. The SMILES string of the molecule is COc1ccc2c(c1)CCN(c1cccc(F)c1F)[C@H]2c1ccc(F)cc1F. The minimum Gasteiger partial charge on any atom is -0.497 e. The number of methoxy groups -OCH3 is 1. The number of ether oxygens (including phenoxy) is 1. The van der Waals surface area contributed by atoms with Gasteiger partial charge in [-0.25, -0.2) is 17.6 Å². The number of benzene rings is 3. The van der Waals surface area contributed by atoms with Crippen LogP contribution in [0.1, 0.15) is 22.7 Å². The van der Waals surface area contributed by atoms with Crippen molar-refractivity contribution in [1.29, 1.82) is 0 Å². The zero-order chi connectivity index (χ0) is 19.8. The van der Waals surface area contributed by atoms with Crippen molar-refractivity contribution in [2.75, 3.05) is 18.6 Å². The van der Waals surface area contributed by atoms with Crippen molar-refractivity contribution in [3.63, 3.8) is 0 Å². The first-order chi connectivity index (χ1) is 13.5. The van der Waals surface area contributed by atoms with Crippen molar-refractivity contribution in [2.24, 2.45) is 0 Å². The molecule has 0 saturated heterocycles. The molecule has 144 valence electrons. The number of hydrogen-bond acceptors (Lipinski definition) is 2. The Morgan fingerprint density at radius 2 is 1.68 bits per heavy atom. The van der Waals surface area contributed by atoms with Gasteiger partial charge in [0.25, 0.3) is 0 Å². The molecule has 4 rings (SSSR count). The van der Waals surface area contributed by atoms with Crippen molar-refractivity contribution in [2.45, 2.75) is 12.5 Å². The fourth-order valence-electron chi connectivity index (χ4n) is 3.76. The highest BCUT2D eigenvalue weighted by atomic mass is 19.2. The fourth-order valence-corrected chi connectivity index (χ4v) is 3.76. The molecule has 0 N–H and O–H groups in total. The summed E-state index contributed by atoms with van der Waals surface area (Å²) in [4.78, 5) is 1.61. The molecule has 1 aliphatic heterocycles. The van der Waals surface area contributed by atoms with E-state index in [0.29, 0.717) is 18.7 Å². The Morgan fingerprint density at radius 3 is 2.43 bits per heavy atom. The van der Waals surface area contributed by atoms with E-state index < -0.39 is 29.3 Å². The maximum atomic E-state index is 14.7. The topological polar surface area (TPSA) is 12.5 Å². The van der Waals surface area contributed by atoms with Crippen LogP contribution in [0.25, 0.3) is 0 Å². The van der Waals surface area contributed by atoms with Crippen LogP contribution in [0.15, 0.2) is 54.6 Å². The van der Waals surface area contributed by atoms with E-state index in [1.54, 1.807) is 24.1 Å². The zero-order valence-corrected chi connectivity index (χ0v) is 15.1. The molecule has 28 heavy (non-hydrogen) atoms. The first-order valence-electron chi connectivity index (χ1n) is 8.82. The van der Waals surface area contributed by atoms with Crippen LogP contribution in [-0.2, 0) is 6.42 Å². The lowest BCUT2D eigenvalue weighted by Gasteiger charge is -2.39. The fraction of sp³-hybridized carbons (Fsp3) is 0.182. The molecule has 3 aromatic carbocycles. The Hall–Kier alpha value is -3.02. The van der Waals surface area contributed by atoms with Gasteiger partial charge < -0.3 is 9.64 Å². The zero-order valence-electron chi connectivity index (χ0n) is 15.1. The molecule has 0 bridgehead atoms. The maximum absolute atomic E-state index is 14.7. The molecular formula is C22H17F4NO. The summed E-state index contributed by atoms with van der Waals surface area (Å²) < 4.78 is 61.8. The molecule has 1 aliphatic rings. The van der Waals surface area contributed by atoms with E-state index >= 15 is 0 Å². The van der Waals surface area contributed by atoms with E-state index in [9.17, 15) is 17.6 Å². The van der Waals surface area contributed by atoms with Gasteiger partial charge in [-0.05, 0) is 47.9 Å². The molecule has 0 unspecified atom stereocenters. The predicted molar refractivity (Wildman–Crippen MR) is 98.6 cm³/mol. The number of anilines is 1. The quantitative estimate of drug-likeness (QED) is 0.558. The van der Waals surface area contributed by atoms with E-state index in [0.717, 1.165) is 29.3 Å². The van der Waals surface area contributed by atoms with E-state index in [1.165, 1.54) is 18.2 Å². The monoisotopic (exact) mass is 387 g/mol. The van der Waals surface area contributed by atoms with Gasteiger partial charge in [-0.3, -0.25) is 0 Å². The third kappa shape index (κ3) is 3.09. The summed E-state index contributed by atoms with van der Waals surface area (Å²) in [6.07, 6.45) is 0.543. The lowest BCUT2D eigenvalue weighted by Crippen LogP contribution is -2.37. The van der Waals surface area contributed by atoms with Gasteiger partial charge in [0.15, 0.2) is 11.6 Å². The molecule has 1 atom stereocenters. The Labute approximate surface area is 160 Å². The smallest absolute Gasteiger partial charge is 0.182 e. The van der Waals surface area contributed by atoms with Crippen LogP contribution in [0.5, 0.6) is 5.75 Å². The van der Waals surface area contributed by atoms with E-state index in [4.69, 9.17) is 4.74 Å². The highest BCUT2D eigenvalue weighted by Crippen LogP contribution is 2.41. The molecule has 6 heteroatoms. The van der Waals surface area contributed by atoms with Gasteiger partial charge in [-0.1, -0.05) is 18.2 Å². The third-order valence-electron chi connectivity index (χ3n) is 5.08. The summed E-state index contributed by atoms with van der Waals surface area (Å²) in [5.41, 5.74) is 1.88. The number of hydrogen-bond donors (Lipinski definition) is 0. The van der Waals surface area contributed by atoms with Crippen LogP contribution in [0.2, 0.25) is 0 Å². The average Bonchev–Trinajstić information content (AvgIpc) is 2.69. The van der Waals surface area contributed by atoms with Gasteiger partial charge in [-0.15, -0.1) is 0 Å². The lowest BCUT2D eigenvalue weighted by atomic mass is 9.87. The van der Waals surface area contributed by atoms with E-state index in [-0.39, 0.29) is 11.3 Å². The Morgan fingerprint density at radius 1 is 0.893 bits per heavy atom. The number of nitrogens with zero attached hydrogens (tertiary/aromatic N) is 1. The molecule has 2 nitrogen and oxygen atoms in total. The van der Waals surface area contributed by atoms with Crippen LogP contribution >= 0.6 is 0 Å². The normalized spacial score (nSPS) is 16.0. The second kappa shape index (κ2) is 7.19. The van der Waals surface area contributed by atoms with Crippen molar-refractivity contribution in [3.05, 3.63) is 94.6 Å². The average molecular weight is 387 g/mol. The highest BCUT2D eigenvalue weighted by molar-refractivity contribution is 5.57. The Bertz CT molecular complexity index is 1040.